The van der Waals surface area contributed by atoms with Gasteiger partial charge in [0.25, 0.3) is 5.91 Å². The molecule has 1 atom stereocenters. The summed E-state index contributed by atoms with van der Waals surface area (Å²) in [6.07, 6.45) is 1.64. The standard InChI is InChI=1S/C20H20N4O2/c1-15(19-8-5-13-26-19)21-14-20(25)22-16-9-11-18(12-10-16)24-23-17-6-3-2-4-7-17/h2-13,15,21H,14H2,1H3,(H,22,25)/p+1/t15-/m1/s1. The van der Waals surface area contributed by atoms with E-state index in [-0.39, 0.29) is 11.9 Å². The number of carbonyl (C=O) groups excluding carboxylic acids is 1. The molecule has 1 aromatic heterocycles. The molecule has 0 aliphatic heterocycles. The summed E-state index contributed by atoms with van der Waals surface area (Å²) in [5.74, 6) is 0.785. The van der Waals surface area contributed by atoms with E-state index in [0.29, 0.717) is 6.54 Å². The number of quaternary nitrogens is 1. The van der Waals surface area contributed by atoms with E-state index >= 15 is 0 Å². The van der Waals surface area contributed by atoms with Crippen molar-refractivity contribution < 1.29 is 14.5 Å². The molecule has 6 heteroatoms. The van der Waals surface area contributed by atoms with E-state index in [1.165, 1.54) is 0 Å². The Morgan fingerprint density at radius 1 is 1.00 bits per heavy atom. The van der Waals surface area contributed by atoms with Gasteiger partial charge in [-0.2, -0.15) is 10.2 Å². The first-order valence-electron chi connectivity index (χ1n) is 8.44. The monoisotopic (exact) mass is 349 g/mol. The third kappa shape index (κ3) is 5.12. The highest BCUT2D eigenvalue weighted by Crippen LogP contribution is 2.19. The molecule has 0 unspecified atom stereocenters. The molecule has 26 heavy (non-hydrogen) atoms. The van der Waals surface area contributed by atoms with Crippen LogP contribution in [-0.2, 0) is 4.79 Å². The maximum atomic E-state index is 12.1. The number of nitrogens with one attached hydrogen (secondary N) is 1. The zero-order chi connectivity index (χ0) is 18.2. The molecule has 0 saturated carbocycles. The molecule has 0 spiro atoms. The van der Waals surface area contributed by atoms with Gasteiger partial charge in [0.1, 0.15) is 6.04 Å². The molecule has 0 aliphatic carbocycles. The van der Waals surface area contributed by atoms with Crippen molar-refractivity contribution in [3.8, 4) is 0 Å². The van der Waals surface area contributed by atoms with Crippen LogP contribution in [0.25, 0.3) is 0 Å². The van der Waals surface area contributed by atoms with Crippen LogP contribution in [0.1, 0.15) is 18.7 Å². The van der Waals surface area contributed by atoms with E-state index in [1.54, 1.807) is 6.26 Å². The summed E-state index contributed by atoms with van der Waals surface area (Å²) < 4.78 is 5.33. The largest absolute Gasteiger partial charge is 0.463 e. The zero-order valence-electron chi connectivity index (χ0n) is 14.5. The summed E-state index contributed by atoms with van der Waals surface area (Å²) in [4.78, 5) is 12.1. The Balaban J connectivity index is 1.49. The van der Waals surface area contributed by atoms with E-state index in [4.69, 9.17) is 4.42 Å². The van der Waals surface area contributed by atoms with Crippen LogP contribution in [-0.4, -0.2) is 12.5 Å². The van der Waals surface area contributed by atoms with Crippen molar-refractivity contribution in [2.45, 2.75) is 13.0 Å². The van der Waals surface area contributed by atoms with E-state index in [1.807, 2.05) is 79.0 Å². The average Bonchev–Trinajstić information content (AvgIpc) is 3.21. The number of benzene rings is 2. The number of hydrogen-bond donors (Lipinski definition) is 2. The predicted molar refractivity (Wildman–Crippen MR) is 99.6 cm³/mol. The highest BCUT2D eigenvalue weighted by Gasteiger charge is 2.13. The maximum absolute atomic E-state index is 12.1. The third-order valence-electron chi connectivity index (χ3n) is 3.84. The topological polar surface area (TPSA) is 83.6 Å². The van der Waals surface area contributed by atoms with Gasteiger partial charge < -0.3 is 15.1 Å². The Kier molecular flexibility index (Phi) is 5.90. The fraction of sp³-hybridized carbons (Fsp3) is 0.150. The Bertz CT molecular complexity index is 843. The van der Waals surface area contributed by atoms with Crippen molar-refractivity contribution in [1.29, 1.82) is 0 Å². The van der Waals surface area contributed by atoms with Crippen LogP contribution < -0.4 is 10.6 Å². The number of azo groups is 1. The molecular weight excluding hydrogens is 328 g/mol. The summed E-state index contributed by atoms with van der Waals surface area (Å²) in [5, 5.41) is 13.1. The van der Waals surface area contributed by atoms with Gasteiger partial charge in [0.15, 0.2) is 12.3 Å². The molecule has 0 saturated heterocycles. The molecule has 132 valence electrons. The molecule has 0 radical (unpaired) electrons. The van der Waals surface area contributed by atoms with Crippen LogP contribution in [0.15, 0.2) is 87.6 Å². The Morgan fingerprint density at radius 2 is 1.69 bits per heavy atom. The SMILES string of the molecule is C[C@@H]([NH2+]CC(=O)Nc1ccc(N=Nc2ccccc2)cc1)c1ccco1. The number of nitrogens with zero attached hydrogens (tertiary/aromatic N) is 2. The number of nitrogens with two attached hydrogens (primary N) is 1. The van der Waals surface area contributed by atoms with Crippen molar-refractivity contribution in [1.82, 2.24) is 0 Å². The maximum Gasteiger partial charge on any atom is 0.279 e. The molecule has 3 N–H and O–H groups in total. The van der Waals surface area contributed by atoms with E-state index in [9.17, 15) is 4.79 Å². The van der Waals surface area contributed by atoms with Crippen molar-refractivity contribution in [2.24, 2.45) is 10.2 Å². The molecule has 0 bridgehead atoms. The smallest absolute Gasteiger partial charge is 0.279 e. The van der Waals surface area contributed by atoms with E-state index < -0.39 is 0 Å². The van der Waals surface area contributed by atoms with E-state index in [2.05, 4.69) is 15.5 Å². The zero-order valence-corrected chi connectivity index (χ0v) is 14.5. The fourth-order valence-corrected chi connectivity index (χ4v) is 2.38. The third-order valence-corrected chi connectivity index (χ3v) is 3.84. The van der Waals surface area contributed by atoms with Crippen LogP contribution in [0.4, 0.5) is 17.1 Å². The normalized spacial score (nSPS) is 12.2. The van der Waals surface area contributed by atoms with Crippen LogP contribution >= 0.6 is 0 Å². The lowest BCUT2D eigenvalue weighted by Crippen LogP contribution is -2.86. The molecule has 0 fully saturated rings. The summed E-state index contributed by atoms with van der Waals surface area (Å²) in [5.41, 5.74) is 2.25. The van der Waals surface area contributed by atoms with Gasteiger partial charge in [-0.15, -0.1) is 0 Å². The van der Waals surface area contributed by atoms with Gasteiger partial charge in [-0.05, 0) is 55.5 Å². The second kappa shape index (κ2) is 8.73. The molecule has 3 aromatic rings. The summed E-state index contributed by atoms with van der Waals surface area (Å²) in [6.45, 7) is 2.32. The van der Waals surface area contributed by atoms with Gasteiger partial charge in [0, 0.05) is 5.69 Å². The number of furan rings is 1. The first-order chi connectivity index (χ1) is 12.7. The molecule has 6 nitrogen and oxygen atoms in total. The second-order valence-corrected chi connectivity index (χ2v) is 5.87. The molecule has 1 amide bonds. The van der Waals surface area contributed by atoms with Gasteiger partial charge in [-0.3, -0.25) is 4.79 Å². The second-order valence-electron chi connectivity index (χ2n) is 5.87. The highest BCUT2D eigenvalue weighted by atomic mass is 16.3. The number of rotatable bonds is 7. The van der Waals surface area contributed by atoms with Gasteiger partial charge in [0.05, 0.1) is 17.6 Å². The van der Waals surface area contributed by atoms with Crippen molar-refractivity contribution >= 4 is 23.0 Å². The van der Waals surface area contributed by atoms with Crippen LogP contribution in [0, 0.1) is 0 Å². The predicted octanol–water partition coefficient (Wildman–Crippen LogP) is 3.96. The lowest BCUT2D eigenvalue weighted by molar-refractivity contribution is -0.684. The molecule has 1 heterocycles. The lowest BCUT2D eigenvalue weighted by atomic mass is 10.2. The number of anilines is 1. The molecule has 0 aliphatic rings. The van der Waals surface area contributed by atoms with Gasteiger partial charge in [-0.1, -0.05) is 18.2 Å². The average molecular weight is 349 g/mol. The summed E-state index contributed by atoms with van der Waals surface area (Å²) >= 11 is 0. The molecule has 2 aromatic carbocycles. The number of hydrogen-bond acceptors (Lipinski definition) is 4. The van der Waals surface area contributed by atoms with Crippen molar-refractivity contribution in [3.05, 3.63) is 78.8 Å². The summed E-state index contributed by atoms with van der Waals surface area (Å²) in [6, 6.07) is 20.6. The van der Waals surface area contributed by atoms with Crippen molar-refractivity contribution in [3.63, 3.8) is 0 Å². The first-order valence-corrected chi connectivity index (χ1v) is 8.44. The Hall–Kier alpha value is -3.25. The summed E-state index contributed by atoms with van der Waals surface area (Å²) in [7, 11) is 0. The minimum atomic E-state index is -0.0675. The van der Waals surface area contributed by atoms with Gasteiger partial charge in [0.2, 0.25) is 0 Å². The van der Waals surface area contributed by atoms with Crippen LogP contribution in [0.2, 0.25) is 0 Å². The van der Waals surface area contributed by atoms with Gasteiger partial charge >= 0.3 is 0 Å². The van der Waals surface area contributed by atoms with Gasteiger partial charge in [-0.25, -0.2) is 0 Å². The quantitative estimate of drug-likeness (QED) is 0.633. The van der Waals surface area contributed by atoms with Crippen LogP contribution in [0.3, 0.4) is 0 Å². The first kappa shape index (κ1) is 17.6. The lowest BCUT2D eigenvalue weighted by Gasteiger charge is -2.08. The minimum absolute atomic E-state index is 0.0675. The van der Waals surface area contributed by atoms with Crippen LogP contribution in [0.5, 0.6) is 0 Å². The Morgan fingerprint density at radius 3 is 2.35 bits per heavy atom. The molecular formula is C20H21N4O2+. The number of carbonyl (C=O) groups is 1. The number of amides is 1. The highest BCUT2D eigenvalue weighted by molar-refractivity contribution is 5.91. The van der Waals surface area contributed by atoms with Crippen molar-refractivity contribution in [2.75, 3.05) is 11.9 Å². The Labute approximate surface area is 152 Å². The molecule has 3 rings (SSSR count). The van der Waals surface area contributed by atoms with E-state index in [0.717, 1.165) is 22.8 Å². The minimum Gasteiger partial charge on any atom is -0.463 e. The fourth-order valence-electron chi connectivity index (χ4n) is 2.38.